The second-order valence-electron chi connectivity index (χ2n) is 4.57. The third-order valence-corrected chi connectivity index (χ3v) is 3.43. The van der Waals surface area contributed by atoms with Crippen LogP contribution in [0.5, 0.6) is 5.75 Å². The van der Waals surface area contributed by atoms with E-state index in [9.17, 15) is 5.11 Å². The molecule has 2 rings (SSSR count). The Labute approximate surface area is 96.4 Å². The SMILES string of the molecule is COc1ccccc1CC1(CO)CCNC1. The summed E-state index contributed by atoms with van der Waals surface area (Å²) >= 11 is 0. The van der Waals surface area contributed by atoms with Crippen molar-refractivity contribution in [1.82, 2.24) is 5.32 Å². The van der Waals surface area contributed by atoms with Crippen molar-refractivity contribution in [2.45, 2.75) is 12.8 Å². The predicted octanol–water partition coefficient (Wildman–Crippen LogP) is 1.21. The van der Waals surface area contributed by atoms with Gasteiger partial charge in [0.1, 0.15) is 5.75 Å². The lowest BCUT2D eigenvalue weighted by molar-refractivity contribution is 0.142. The van der Waals surface area contributed by atoms with E-state index in [1.807, 2.05) is 18.2 Å². The van der Waals surface area contributed by atoms with Crippen molar-refractivity contribution in [1.29, 1.82) is 0 Å². The fraction of sp³-hybridized carbons (Fsp3) is 0.538. The summed E-state index contributed by atoms with van der Waals surface area (Å²) in [5, 5.41) is 12.9. The number of hydrogen-bond donors (Lipinski definition) is 2. The zero-order chi connectivity index (χ0) is 11.4. The highest BCUT2D eigenvalue weighted by Crippen LogP contribution is 2.32. The Balaban J connectivity index is 2.18. The lowest BCUT2D eigenvalue weighted by Gasteiger charge is -2.26. The Bertz CT molecular complexity index is 346. The number of rotatable bonds is 4. The van der Waals surface area contributed by atoms with E-state index in [1.165, 1.54) is 5.56 Å². The van der Waals surface area contributed by atoms with E-state index in [2.05, 4.69) is 11.4 Å². The van der Waals surface area contributed by atoms with Gasteiger partial charge in [0, 0.05) is 12.0 Å². The number of ether oxygens (including phenoxy) is 1. The van der Waals surface area contributed by atoms with Crippen molar-refractivity contribution >= 4 is 0 Å². The number of para-hydroxylation sites is 1. The van der Waals surface area contributed by atoms with E-state index in [0.29, 0.717) is 0 Å². The highest BCUT2D eigenvalue weighted by molar-refractivity contribution is 5.34. The van der Waals surface area contributed by atoms with Gasteiger partial charge in [-0.05, 0) is 31.0 Å². The molecule has 0 spiro atoms. The van der Waals surface area contributed by atoms with Gasteiger partial charge in [-0.1, -0.05) is 18.2 Å². The molecule has 0 bridgehead atoms. The zero-order valence-corrected chi connectivity index (χ0v) is 9.70. The first kappa shape index (κ1) is 11.4. The minimum Gasteiger partial charge on any atom is -0.496 e. The molecule has 1 aliphatic rings. The molecule has 0 aromatic heterocycles. The lowest BCUT2D eigenvalue weighted by Crippen LogP contribution is -2.30. The van der Waals surface area contributed by atoms with Crippen molar-refractivity contribution < 1.29 is 9.84 Å². The van der Waals surface area contributed by atoms with Crippen LogP contribution in [0.25, 0.3) is 0 Å². The molecule has 2 N–H and O–H groups in total. The third-order valence-electron chi connectivity index (χ3n) is 3.43. The molecule has 1 heterocycles. The van der Waals surface area contributed by atoms with Crippen molar-refractivity contribution in [3.8, 4) is 5.75 Å². The molecular formula is C13H19NO2. The van der Waals surface area contributed by atoms with Gasteiger partial charge in [-0.3, -0.25) is 0 Å². The normalized spacial score (nSPS) is 24.6. The molecule has 1 saturated heterocycles. The molecule has 3 nitrogen and oxygen atoms in total. The highest BCUT2D eigenvalue weighted by Gasteiger charge is 2.33. The molecule has 3 heteroatoms. The van der Waals surface area contributed by atoms with Crippen LogP contribution >= 0.6 is 0 Å². The van der Waals surface area contributed by atoms with Gasteiger partial charge in [-0.15, -0.1) is 0 Å². The van der Waals surface area contributed by atoms with Crippen molar-refractivity contribution in [2.75, 3.05) is 26.8 Å². The van der Waals surface area contributed by atoms with Gasteiger partial charge in [0.05, 0.1) is 13.7 Å². The molecule has 0 aliphatic carbocycles. The summed E-state index contributed by atoms with van der Waals surface area (Å²) < 4.78 is 5.34. The molecule has 0 amide bonds. The first-order valence-corrected chi connectivity index (χ1v) is 5.73. The topological polar surface area (TPSA) is 41.5 Å². The molecule has 88 valence electrons. The summed E-state index contributed by atoms with van der Waals surface area (Å²) in [5.74, 6) is 0.919. The van der Waals surface area contributed by atoms with E-state index in [0.717, 1.165) is 31.7 Å². The molecule has 1 aliphatic heterocycles. The minimum absolute atomic E-state index is 0.00532. The number of aliphatic hydroxyl groups excluding tert-OH is 1. The number of nitrogens with one attached hydrogen (secondary N) is 1. The molecular weight excluding hydrogens is 202 g/mol. The van der Waals surface area contributed by atoms with Crippen LogP contribution in [0.2, 0.25) is 0 Å². The molecule has 16 heavy (non-hydrogen) atoms. The standard InChI is InChI=1S/C13H19NO2/c1-16-12-5-3-2-4-11(12)8-13(10-15)6-7-14-9-13/h2-5,14-15H,6-10H2,1H3. The molecule has 0 saturated carbocycles. The van der Waals surface area contributed by atoms with E-state index in [-0.39, 0.29) is 12.0 Å². The summed E-state index contributed by atoms with van der Waals surface area (Å²) in [6.45, 7) is 2.12. The van der Waals surface area contributed by atoms with Crippen LogP contribution in [-0.2, 0) is 6.42 Å². The fourth-order valence-corrected chi connectivity index (χ4v) is 2.39. The van der Waals surface area contributed by atoms with Crippen molar-refractivity contribution in [2.24, 2.45) is 5.41 Å². The minimum atomic E-state index is -0.00532. The second kappa shape index (κ2) is 4.85. The lowest BCUT2D eigenvalue weighted by atomic mass is 9.81. The van der Waals surface area contributed by atoms with E-state index in [1.54, 1.807) is 7.11 Å². The Morgan fingerprint density at radius 1 is 1.44 bits per heavy atom. The van der Waals surface area contributed by atoms with Crippen molar-refractivity contribution in [3.63, 3.8) is 0 Å². The van der Waals surface area contributed by atoms with Crippen LogP contribution in [0.3, 0.4) is 0 Å². The number of benzene rings is 1. The Morgan fingerprint density at radius 3 is 2.88 bits per heavy atom. The molecule has 1 unspecified atom stereocenters. The predicted molar refractivity (Wildman–Crippen MR) is 63.7 cm³/mol. The first-order chi connectivity index (χ1) is 7.79. The van der Waals surface area contributed by atoms with Gasteiger partial charge < -0.3 is 15.2 Å². The summed E-state index contributed by atoms with van der Waals surface area (Å²) in [4.78, 5) is 0. The largest absolute Gasteiger partial charge is 0.496 e. The second-order valence-corrected chi connectivity index (χ2v) is 4.57. The maximum absolute atomic E-state index is 9.56. The summed E-state index contributed by atoms with van der Waals surface area (Å²) in [6.07, 6.45) is 1.90. The van der Waals surface area contributed by atoms with Gasteiger partial charge >= 0.3 is 0 Å². The summed E-state index contributed by atoms with van der Waals surface area (Å²) in [5.41, 5.74) is 1.18. The van der Waals surface area contributed by atoms with Crippen LogP contribution < -0.4 is 10.1 Å². The van der Waals surface area contributed by atoms with E-state index >= 15 is 0 Å². The fourth-order valence-electron chi connectivity index (χ4n) is 2.39. The van der Waals surface area contributed by atoms with Crippen LogP contribution in [0.4, 0.5) is 0 Å². The maximum atomic E-state index is 9.56. The number of aliphatic hydroxyl groups is 1. The Morgan fingerprint density at radius 2 is 2.25 bits per heavy atom. The monoisotopic (exact) mass is 221 g/mol. The average Bonchev–Trinajstić information content (AvgIpc) is 2.79. The van der Waals surface area contributed by atoms with E-state index < -0.39 is 0 Å². The van der Waals surface area contributed by atoms with Gasteiger partial charge in [0.25, 0.3) is 0 Å². The van der Waals surface area contributed by atoms with Gasteiger partial charge in [-0.2, -0.15) is 0 Å². The van der Waals surface area contributed by atoms with Gasteiger partial charge in [-0.25, -0.2) is 0 Å². The van der Waals surface area contributed by atoms with Crippen LogP contribution in [0.15, 0.2) is 24.3 Å². The number of hydrogen-bond acceptors (Lipinski definition) is 3. The van der Waals surface area contributed by atoms with Crippen LogP contribution in [0, 0.1) is 5.41 Å². The molecule has 1 aromatic rings. The van der Waals surface area contributed by atoms with Gasteiger partial charge in [0.2, 0.25) is 0 Å². The summed E-state index contributed by atoms with van der Waals surface area (Å²) in [7, 11) is 1.69. The Kier molecular flexibility index (Phi) is 3.46. The smallest absolute Gasteiger partial charge is 0.122 e. The van der Waals surface area contributed by atoms with Crippen molar-refractivity contribution in [3.05, 3.63) is 29.8 Å². The maximum Gasteiger partial charge on any atom is 0.122 e. The average molecular weight is 221 g/mol. The first-order valence-electron chi connectivity index (χ1n) is 5.73. The van der Waals surface area contributed by atoms with Crippen LogP contribution in [-0.4, -0.2) is 31.9 Å². The summed E-state index contributed by atoms with van der Waals surface area (Å²) in [6, 6.07) is 8.05. The quantitative estimate of drug-likeness (QED) is 0.803. The van der Waals surface area contributed by atoms with Crippen LogP contribution in [0.1, 0.15) is 12.0 Å². The van der Waals surface area contributed by atoms with Gasteiger partial charge in [0.15, 0.2) is 0 Å². The van der Waals surface area contributed by atoms with E-state index in [4.69, 9.17) is 4.74 Å². The Hall–Kier alpha value is -1.06. The molecule has 1 aromatic carbocycles. The highest BCUT2D eigenvalue weighted by atomic mass is 16.5. The molecule has 0 radical (unpaired) electrons. The zero-order valence-electron chi connectivity index (χ0n) is 9.70. The third kappa shape index (κ3) is 2.20. The molecule has 1 atom stereocenters. The number of methoxy groups -OCH3 is 1. The molecule has 1 fully saturated rings.